The van der Waals surface area contributed by atoms with Gasteiger partial charge >= 0.3 is 5.97 Å². The zero-order valence-corrected chi connectivity index (χ0v) is 12.6. The van der Waals surface area contributed by atoms with E-state index in [1.807, 2.05) is 4.90 Å². The Morgan fingerprint density at radius 2 is 1.35 bits per heavy atom. The number of hydrogen-bond donors (Lipinski definition) is 1. The first-order chi connectivity index (χ1) is 9.31. The van der Waals surface area contributed by atoms with E-state index in [2.05, 4.69) is 27.7 Å². The smallest absolute Gasteiger partial charge is 0.335 e. The Bertz CT molecular complexity index is 453. The molecule has 0 aliphatic rings. The summed E-state index contributed by atoms with van der Waals surface area (Å²) in [6.45, 7) is 9.72. The van der Waals surface area contributed by atoms with E-state index >= 15 is 0 Å². The minimum atomic E-state index is -0.981. The molecule has 110 valence electrons. The van der Waals surface area contributed by atoms with Crippen molar-refractivity contribution in [1.29, 1.82) is 0 Å². The van der Waals surface area contributed by atoms with Crippen molar-refractivity contribution in [2.45, 2.75) is 27.7 Å². The van der Waals surface area contributed by atoms with Crippen LogP contribution in [0.2, 0.25) is 0 Å². The van der Waals surface area contributed by atoms with Crippen molar-refractivity contribution >= 4 is 11.9 Å². The van der Waals surface area contributed by atoms with Crippen LogP contribution in [0.5, 0.6) is 0 Å². The van der Waals surface area contributed by atoms with Crippen molar-refractivity contribution in [3.8, 4) is 0 Å². The molecular weight excluding hydrogens is 254 g/mol. The summed E-state index contributed by atoms with van der Waals surface area (Å²) in [5, 5.41) is 8.87. The maximum atomic E-state index is 12.5. The number of carbonyl (C=O) groups excluding carboxylic acids is 1. The number of aromatic carboxylic acids is 1. The number of amides is 1. The van der Waals surface area contributed by atoms with Gasteiger partial charge in [-0.1, -0.05) is 27.7 Å². The molecule has 0 saturated heterocycles. The Balaban J connectivity index is 2.90. The zero-order valence-electron chi connectivity index (χ0n) is 12.6. The van der Waals surface area contributed by atoms with Gasteiger partial charge < -0.3 is 10.0 Å². The van der Waals surface area contributed by atoms with Crippen LogP contribution in [0, 0.1) is 11.8 Å². The van der Waals surface area contributed by atoms with Gasteiger partial charge in [0.25, 0.3) is 5.91 Å². The number of carboxylic acid groups (broad SMARTS) is 1. The highest BCUT2D eigenvalue weighted by Gasteiger charge is 2.18. The van der Waals surface area contributed by atoms with E-state index in [4.69, 9.17) is 5.11 Å². The van der Waals surface area contributed by atoms with Gasteiger partial charge in [-0.25, -0.2) is 4.79 Å². The van der Waals surface area contributed by atoms with Gasteiger partial charge in [-0.2, -0.15) is 0 Å². The van der Waals surface area contributed by atoms with Crippen LogP contribution in [-0.4, -0.2) is 35.0 Å². The molecule has 4 heteroatoms. The van der Waals surface area contributed by atoms with Crippen LogP contribution >= 0.6 is 0 Å². The summed E-state index contributed by atoms with van der Waals surface area (Å²) < 4.78 is 0. The molecule has 1 aromatic carbocycles. The van der Waals surface area contributed by atoms with Crippen LogP contribution in [0.3, 0.4) is 0 Å². The summed E-state index contributed by atoms with van der Waals surface area (Å²) >= 11 is 0. The average Bonchev–Trinajstić information content (AvgIpc) is 2.36. The Morgan fingerprint density at radius 3 is 1.70 bits per heavy atom. The molecule has 0 aliphatic carbocycles. The van der Waals surface area contributed by atoms with Gasteiger partial charge in [-0.05, 0) is 36.1 Å². The van der Waals surface area contributed by atoms with E-state index in [-0.39, 0.29) is 11.5 Å². The molecule has 1 aromatic rings. The monoisotopic (exact) mass is 277 g/mol. The second-order valence-corrected chi connectivity index (χ2v) is 5.88. The van der Waals surface area contributed by atoms with Crippen LogP contribution in [0.25, 0.3) is 0 Å². The Labute approximate surface area is 120 Å². The topological polar surface area (TPSA) is 57.6 Å². The lowest BCUT2D eigenvalue weighted by molar-refractivity contribution is 0.0690. The summed E-state index contributed by atoms with van der Waals surface area (Å²) in [6, 6.07) is 6.11. The molecule has 0 fully saturated rings. The number of hydrogen-bond acceptors (Lipinski definition) is 2. The van der Waals surface area contributed by atoms with Crippen molar-refractivity contribution in [2.75, 3.05) is 13.1 Å². The number of carboxylic acids is 1. The highest BCUT2D eigenvalue weighted by Crippen LogP contribution is 2.12. The molecule has 1 amide bonds. The Morgan fingerprint density at radius 1 is 0.950 bits per heavy atom. The van der Waals surface area contributed by atoms with Gasteiger partial charge in [0.15, 0.2) is 0 Å². The predicted octanol–water partition coefficient (Wildman–Crippen LogP) is 3.14. The molecule has 0 unspecified atom stereocenters. The summed E-state index contributed by atoms with van der Waals surface area (Å²) in [6.07, 6.45) is 0. The number of rotatable bonds is 6. The van der Waals surface area contributed by atoms with Gasteiger partial charge in [0.2, 0.25) is 0 Å². The maximum absolute atomic E-state index is 12.5. The fourth-order valence-corrected chi connectivity index (χ4v) is 2.06. The van der Waals surface area contributed by atoms with Gasteiger partial charge in [0, 0.05) is 18.7 Å². The van der Waals surface area contributed by atoms with Gasteiger partial charge in [0.1, 0.15) is 0 Å². The van der Waals surface area contributed by atoms with Crippen molar-refractivity contribution < 1.29 is 14.7 Å². The summed E-state index contributed by atoms with van der Waals surface area (Å²) in [4.78, 5) is 25.1. The van der Waals surface area contributed by atoms with E-state index < -0.39 is 5.97 Å². The van der Waals surface area contributed by atoms with E-state index in [0.29, 0.717) is 30.5 Å². The molecule has 0 saturated carbocycles. The third-order valence-electron chi connectivity index (χ3n) is 2.84. The van der Waals surface area contributed by atoms with E-state index in [1.54, 1.807) is 12.1 Å². The summed E-state index contributed by atoms with van der Waals surface area (Å²) in [5.74, 6) is -0.221. The zero-order chi connectivity index (χ0) is 15.3. The molecule has 0 aliphatic heterocycles. The van der Waals surface area contributed by atoms with Crippen LogP contribution in [-0.2, 0) is 0 Å². The Kier molecular flexibility index (Phi) is 5.74. The molecular formula is C16H23NO3. The molecule has 0 atom stereocenters. The molecule has 0 heterocycles. The molecule has 4 nitrogen and oxygen atoms in total. The summed E-state index contributed by atoms with van der Waals surface area (Å²) in [5.41, 5.74) is 0.733. The van der Waals surface area contributed by atoms with Crippen molar-refractivity contribution in [3.05, 3.63) is 35.4 Å². The van der Waals surface area contributed by atoms with Gasteiger partial charge in [-0.15, -0.1) is 0 Å². The molecule has 0 aromatic heterocycles. The minimum Gasteiger partial charge on any atom is -0.478 e. The third-order valence-corrected chi connectivity index (χ3v) is 2.84. The van der Waals surface area contributed by atoms with Crippen molar-refractivity contribution in [2.24, 2.45) is 11.8 Å². The minimum absolute atomic E-state index is 0.0376. The first-order valence-electron chi connectivity index (χ1n) is 6.94. The largest absolute Gasteiger partial charge is 0.478 e. The molecule has 0 bridgehead atoms. The number of benzene rings is 1. The normalized spacial score (nSPS) is 10.9. The van der Waals surface area contributed by atoms with Gasteiger partial charge in [-0.3, -0.25) is 4.79 Å². The quantitative estimate of drug-likeness (QED) is 0.869. The maximum Gasteiger partial charge on any atom is 0.335 e. The van der Waals surface area contributed by atoms with E-state index in [0.717, 1.165) is 0 Å². The first-order valence-corrected chi connectivity index (χ1v) is 6.94. The number of carbonyl (C=O) groups is 2. The highest BCUT2D eigenvalue weighted by atomic mass is 16.4. The Hall–Kier alpha value is -1.84. The van der Waals surface area contributed by atoms with E-state index in [1.165, 1.54) is 12.1 Å². The fraction of sp³-hybridized carbons (Fsp3) is 0.500. The van der Waals surface area contributed by atoms with Crippen LogP contribution in [0.1, 0.15) is 48.4 Å². The van der Waals surface area contributed by atoms with Crippen molar-refractivity contribution in [3.63, 3.8) is 0 Å². The fourth-order valence-electron chi connectivity index (χ4n) is 2.06. The molecule has 0 radical (unpaired) electrons. The van der Waals surface area contributed by atoms with E-state index in [9.17, 15) is 9.59 Å². The highest BCUT2D eigenvalue weighted by molar-refractivity contribution is 5.95. The third kappa shape index (κ3) is 4.68. The molecule has 20 heavy (non-hydrogen) atoms. The lowest BCUT2D eigenvalue weighted by Gasteiger charge is -2.26. The number of nitrogens with zero attached hydrogens (tertiary/aromatic N) is 1. The molecule has 1 N–H and O–H groups in total. The van der Waals surface area contributed by atoms with Crippen LogP contribution < -0.4 is 0 Å². The first kappa shape index (κ1) is 16.2. The second-order valence-electron chi connectivity index (χ2n) is 5.88. The molecule has 0 spiro atoms. The SMILES string of the molecule is CC(C)CN(CC(C)C)C(=O)c1ccc(C(=O)O)cc1. The standard InChI is InChI=1S/C16H23NO3/c1-11(2)9-17(10-12(3)4)15(18)13-5-7-14(8-6-13)16(19)20/h5-8,11-12H,9-10H2,1-4H3,(H,19,20). The summed E-state index contributed by atoms with van der Waals surface area (Å²) in [7, 11) is 0. The van der Waals surface area contributed by atoms with Crippen molar-refractivity contribution in [1.82, 2.24) is 4.90 Å². The van der Waals surface area contributed by atoms with Crippen LogP contribution in [0.4, 0.5) is 0 Å². The average molecular weight is 277 g/mol. The van der Waals surface area contributed by atoms with Gasteiger partial charge in [0.05, 0.1) is 5.56 Å². The van der Waals surface area contributed by atoms with Crippen LogP contribution in [0.15, 0.2) is 24.3 Å². The lowest BCUT2D eigenvalue weighted by Crippen LogP contribution is -2.37. The second kappa shape index (κ2) is 7.08. The predicted molar refractivity (Wildman–Crippen MR) is 79.0 cm³/mol. The lowest BCUT2D eigenvalue weighted by atomic mass is 10.1. The molecule has 1 rings (SSSR count).